The van der Waals surface area contributed by atoms with Gasteiger partial charge in [-0.1, -0.05) is 36.4 Å². The average Bonchev–Trinajstić information content (AvgIpc) is 3.08. The summed E-state index contributed by atoms with van der Waals surface area (Å²) in [5.41, 5.74) is 3.97. The molecule has 1 N–H and O–H groups in total. The number of benzene rings is 3. The largest absolute Gasteiger partial charge is 0.324 e. The summed E-state index contributed by atoms with van der Waals surface area (Å²) >= 11 is 0. The highest BCUT2D eigenvalue weighted by atomic mass is 19.1. The molecule has 1 heterocycles. The summed E-state index contributed by atoms with van der Waals surface area (Å²) < 4.78 is 16.0. The molecule has 0 bridgehead atoms. The number of hydrogen-bond donors (Lipinski definition) is 1. The average molecular weight is 373 g/mol. The van der Waals surface area contributed by atoms with E-state index in [1.165, 1.54) is 6.07 Å². The molecule has 1 amide bonds. The van der Waals surface area contributed by atoms with Crippen LogP contribution in [0.1, 0.15) is 17.8 Å². The summed E-state index contributed by atoms with van der Waals surface area (Å²) in [6, 6.07) is 22.5. The molecule has 0 fully saturated rings. The van der Waals surface area contributed by atoms with Crippen molar-refractivity contribution in [3.05, 3.63) is 90.0 Å². The van der Waals surface area contributed by atoms with E-state index in [1.807, 2.05) is 61.5 Å². The fourth-order valence-electron chi connectivity index (χ4n) is 3.28. The molecule has 0 radical (unpaired) electrons. The summed E-state index contributed by atoms with van der Waals surface area (Å²) in [5, 5.41) is 2.66. The minimum absolute atomic E-state index is 0.210. The third-order valence-corrected chi connectivity index (χ3v) is 4.62. The molecule has 1 aromatic heterocycles. The molecule has 3 aromatic carbocycles. The fourth-order valence-corrected chi connectivity index (χ4v) is 3.28. The van der Waals surface area contributed by atoms with Gasteiger partial charge in [-0.25, -0.2) is 9.37 Å². The van der Waals surface area contributed by atoms with Gasteiger partial charge < -0.3 is 5.32 Å². The van der Waals surface area contributed by atoms with Crippen LogP contribution in [-0.2, 0) is 11.2 Å². The number of amides is 1. The Bertz CT molecular complexity index is 1140. The Kier molecular flexibility index (Phi) is 4.89. The highest BCUT2D eigenvalue weighted by Crippen LogP contribution is 2.22. The van der Waals surface area contributed by atoms with Crippen molar-refractivity contribution in [3.8, 4) is 5.69 Å². The van der Waals surface area contributed by atoms with Crippen molar-refractivity contribution in [3.63, 3.8) is 0 Å². The molecule has 140 valence electrons. The van der Waals surface area contributed by atoms with Gasteiger partial charge in [-0.15, -0.1) is 0 Å². The number of carbonyl (C=O) groups excluding carboxylic acids is 1. The Hall–Kier alpha value is -3.47. The SMILES string of the molecule is Cc1ccc(F)c(NC(=O)CCc2nc3ccccc3n2-c2ccccc2)c1. The van der Waals surface area contributed by atoms with Gasteiger partial charge in [0, 0.05) is 18.5 Å². The molecule has 0 unspecified atom stereocenters. The first kappa shape index (κ1) is 17.9. The van der Waals surface area contributed by atoms with Crippen molar-refractivity contribution in [2.24, 2.45) is 0 Å². The number of aryl methyl sites for hydroxylation is 2. The molecule has 28 heavy (non-hydrogen) atoms. The number of para-hydroxylation sites is 3. The van der Waals surface area contributed by atoms with Crippen LogP contribution in [0.15, 0.2) is 72.8 Å². The highest BCUT2D eigenvalue weighted by molar-refractivity contribution is 5.91. The van der Waals surface area contributed by atoms with Crippen LogP contribution < -0.4 is 5.32 Å². The van der Waals surface area contributed by atoms with Crippen LogP contribution in [0.2, 0.25) is 0 Å². The lowest BCUT2D eigenvalue weighted by Gasteiger charge is -2.10. The van der Waals surface area contributed by atoms with Gasteiger partial charge in [0.15, 0.2) is 0 Å². The zero-order valence-electron chi connectivity index (χ0n) is 15.5. The van der Waals surface area contributed by atoms with E-state index in [4.69, 9.17) is 4.98 Å². The van der Waals surface area contributed by atoms with E-state index in [2.05, 4.69) is 9.88 Å². The smallest absolute Gasteiger partial charge is 0.224 e. The first-order chi connectivity index (χ1) is 13.6. The first-order valence-electron chi connectivity index (χ1n) is 9.19. The van der Waals surface area contributed by atoms with Gasteiger partial charge in [-0.2, -0.15) is 0 Å². The first-order valence-corrected chi connectivity index (χ1v) is 9.19. The Labute approximate surface area is 162 Å². The van der Waals surface area contributed by atoms with Crippen molar-refractivity contribution in [1.82, 2.24) is 9.55 Å². The van der Waals surface area contributed by atoms with Crippen LogP contribution in [0.3, 0.4) is 0 Å². The van der Waals surface area contributed by atoms with Gasteiger partial charge in [0.05, 0.1) is 16.7 Å². The molecule has 4 aromatic rings. The number of imidazole rings is 1. The maximum Gasteiger partial charge on any atom is 0.224 e. The van der Waals surface area contributed by atoms with Crippen molar-refractivity contribution >= 4 is 22.6 Å². The third kappa shape index (κ3) is 3.64. The molecule has 0 spiro atoms. The second-order valence-corrected chi connectivity index (χ2v) is 6.72. The molecular weight excluding hydrogens is 353 g/mol. The van der Waals surface area contributed by atoms with Crippen LogP contribution in [0.5, 0.6) is 0 Å². The standard InChI is InChI=1S/C23H20FN3O/c1-16-11-12-18(24)20(15-16)26-23(28)14-13-22-25-19-9-5-6-10-21(19)27(22)17-7-3-2-4-8-17/h2-12,15H,13-14H2,1H3,(H,26,28). The second kappa shape index (κ2) is 7.64. The van der Waals surface area contributed by atoms with E-state index < -0.39 is 5.82 Å². The van der Waals surface area contributed by atoms with E-state index >= 15 is 0 Å². The summed E-state index contributed by atoms with van der Waals surface area (Å²) in [6.45, 7) is 1.86. The van der Waals surface area contributed by atoms with Crippen LogP contribution in [-0.4, -0.2) is 15.5 Å². The number of hydrogen-bond acceptors (Lipinski definition) is 2. The zero-order chi connectivity index (χ0) is 19.5. The van der Waals surface area contributed by atoms with Crippen molar-refractivity contribution in [2.75, 3.05) is 5.32 Å². The maximum atomic E-state index is 13.9. The lowest BCUT2D eigenvalue weighted by Crippen LogP contribution is -2.15. The van der Waals surface area contributed by atoms with Gasteiger partial charge in [0.1, 0.15) is 11.6 Å². The van der Waals surface area contributed by atoms with Crippen LogP contribution in [0.4, 0.5) is 10.1 Å². The molecule has 4 nitrogen and oxygen atoms in total. The van der Waals surface area contributed by atoms with Crippen molar-refractivity contribution < 1.29 is 9.18 Å². The van der Waals surface area contributed by atoms with Gasteiger partial charge in [-0.3, -0.25) is 9.36 Å². The number of anilines is 1. The van der Waals surface area contributed by atoms with E-state index in [0.717, 1.165) is 28.1 Å². The molecule has 0 aliphatic heterocycles. The molecule has 0 saturated heterocycles. The quantitative estimate of drug-likeness (QED) is 0.532. The molecule has 0 aliphatic rings. The molecule has 0 aliphatic carbocycles. The molecule has 0 saturated carbocycles. The Morgan fingerprint density at radius 1 is 1.04 bits per heavy atom. The van der Waals surface area contributed by atoms with Crippen LogP contribution in [0.25, 0.3) is 16.7 Å². The normalized spacial score (nSPS) is 10.9. The van der Waals surface area contributed by atoms with E-state index in [1.54, 1.807) is 12.1 Å². The van der Waals surface area contributed by atoms with Crippen LogP contribution >= 0.6 is 0 Å². The Morgan fingerprint density at radius 2 is 1.79 bits per heavy atom. The van der Waals surface area contributed by atoms with Gasteiger partial charge in [0.2, 0.25) is 5.91 Å². The lowest BCUT2D eigenvalue weighted by atomic mass is 10.2. The monoisotopic (exact) mass is 373 g/mol. The van der Waals surface area contributed by atoms with Gasteiger partial charge in [0.25, 0.3) is 0 Å². The maximum absolute atomic E-state index is 13.9. The number of halogens is 1. The van der Waals surface area contributed by atoms with Crippen molar-refractivity contribution in [2.45, 2.75) is 19.8 Å². The topological polar surface area (TPSA) is 46.9 Å². The summed E-state index contributed by atoms with van der Waals surface area (Å²) in [4.78, 5) is 17.1. The summed E-state index contributed by atoms with van der Waals surface area (Å²) in [6.07, 6.45) is 0.659. The zero-order valence-corrected chi connectivity index (χ0v) is 15.5. The fraction of sp³-hybridized carbons (Fsp3) is 0.130. The lowest BCUT2D eigenvalue weighted by molar-refractivity contribution is -0.116. The molecule has 4 rings (SSSR count). The van der Waals surface area contributed by atoms with Crippen LogP contribution in [0, 0.1) is 12.7 Å². The second-order valence-electron chi connectivity index (χ2n) is 6.72. The predicted octanol–water partition coefficient (Wildman–Crippen LogP) is 5.04. The molecule has 0 atom stereocenters. The number of nitrogens with zero attached hydrogens (tertiary/aromatic N) is 2. The third-order valence-electron chi connectivity index (χ3n) is 4.62. The number of rotatable bonds is 5. The Balaban J connectivity index is 1.58. The van der Waals surface area contributed by atoms with Crippen molar-refractivity contribution in [1.29, 1.82) is 0 Å². The molecule has 5 heteroatoms. The minimum atomic E-state index is -0.435. The summed E-state index contributed by atoms with van der Waals surface area (Å²) in [7, 11) is 0. The number of aromatic nitrogens is 2. The minimum Gasteiger partial charge on any atom is -0.324 e. The van der Waals surface area contributed by atoms with Gasteiger partial charge in [-0.05, 0) is 48.9 Å². The number of carbonyl (C=O) groups is 1. The number of nitrogens with one attached hydrogen (secondary N) is 1. The molecular formula is C23H20FN3O. The predicted molar refractivity (Wildman–Crippen MR) is 109 cm³/mol. The van der Waals surface area contributed by atoms with E-state index in [9.17, 15) is 9.18 Å². The highest BCUT2D eigenvalue weighted by Gasteiger charge is 2.14. The van der Waals surface area contributed by atoms with Gasteiger partial charge >= 0.3 is 0 Å². The summed E-state index contributed by atoms with van der Waals surface area (Å²) in [5.74, 6) is 0.124. The van der Waals surface area contributed by atoms with E-state index in [0.29, 0.717) is 6.42 Å². The Morgan fingerprint density at radius 3 is 2.61 bits per heavy atom. The number of fused-ring (bicyclic) bond motifs is 1. The van der Waals surface area contributed by atoms with E-state index in [-0.39, 0.29) is 18.0 Å².